The molecule has 0 saturated carbocycles. The molecule has 0 spiro atoms. The minimum Gasteiger partial charge on any atom is -0.317 e. The Morgan fingerprint density at radius 2 is 1.81 bits per heavy atom. The number of nitrogens with one attached hydrogen (secondary N) is 1. The number of hydrogen-bond acceptors (Lipinski definition) is 2. The second-order valence-corrected chi connectivity index (χ2v) is 6.31. The third-order valence-corrected chi connectivity index (χ3v) is 4.84. The zero-order valence-electron chi connectivity index (χ0n) is 12.6. The van der Waals surface area contributed by atoms with Crippen LogP contribution in [0.25, 0.3) is 0 Å². The minimum atomic E-state index is -0.133. The first-order valence-electron chi connectivity index (χ1n) is 8.00. The molecule has 2 heterocycles. The predicted octanol–water partition coefficient (Wildman–Crippen LogP) is 3.25. The molecular weight excluding hydrogens is 287 g/mol. The number of rotatable bonds is 4. The molecule has 1 N–H and O–H groups in total. The van der Waals surface area contributed by atoms with E-state index in [-0.39, 0.29) is 18.2 Å². The summed E-state index contributed by atoms with van der Waals surface area (Å²) in [5.41, 5.74) is 1.27. The molecule has 2 saturated heterocycles. The first kappa shape index (κ1) is 16.7. The van der Waals surface area contributed by atoms with E-state index in [0.29, 0.717) is 6.04 Å². The van der Waals surface area contributed by atoms with Crippen LogP contribution in [0.15, 0.2) is 24.3 Å². The van der Waals surface area contributed by atoms with Crippen LogP contribution in [0, 0.1) is 11.7 Å². The third kappa shape index (κ3) is 4.67. The Bertz CT molecular complexity index is 417. The average molecular weight is 313 g/mol. The number of piperidine rings is 1. The number of halogens is 2. The van der Waals surface area contributed by atoms with E-state index in [0.717, 1.165) is 12.3 Å². The van der Waals surface area contributed by atoms with Crippen LogP contribution in [0.2, 0.25) is 0 Å². The molecule has 0 amide bonds. The molecule has 0 bridgehead atoms. The van der Waals surface area contributed by atoms with E-state index in [1.165, 1.54) is 57.4 Å². The maximum atomic E-state index is 13.0. The molecule has 1 aromatic rings. The summed E-state index contributed by atoms with van der Waals surface area (Å²) in [4.78, 5) is 2.68. The maximum Gasteiger partial charge on any atom is 0.123 e. The van der Waals surface area contributed by atoms with Crippen molar-refractivity contribution in [1.29, 1.82) is 0 Å². The van der Waals surface area contributed by atoms with E-state index >= 15 is 0 Å². The quantitative estimate of drug-likeness (QED) is 0.918. The normalized spacial score (nSPS) is 24.0. The molecule has 4 heteroatoms. The summed E-state index contributed by atoms with van der Waals surface area (Å²) in [5.74, 6) is 0.733. The summed E-state index contributed by atoms with van der Waals surface area (Å²) in [6.07, 6.45) is 6.32. The van der Waals surface area contributed by atoms with Crippen LogP contribution in [-0.4, -0.2) is 37.1 Å². The Kier molecular flexibility index (Phi) is 6.46. The monoisotopic (exact) mass is 312 g/mol. The fourth-order valence-electron chi connectivity index (χ4n) is 3.66. The van der Waals surface area contributed by atoms with Gasteiger partial charge in [0.05, 0.1) is 0 Å². The van der Waals surface area contributed by atoms with E-state index in [1.807, 2.05) is 12.1 Å². The maximum absolute atomic E-state index is 13.0. The first-order valence-corrected chi connectivity index (χ1v) is 8.00. The zero-order chi connectivity index (χ0) is 13.8. The van der Waals surface area contributed by atoms with Gasteiger partial charge in [-0.05, 0) is 75.4 Å². The van der Waals surface area contributed by atoms with Crippen LogP contribution >= 0.6 is 12.4 Å². The molecule has 2 nitrogen and oxygen atoms in total. The van der Waals surface area contributed by atoms with Crippen LogP contribution in [0.3, 0.4) is 0 Å². The Morgan fingerprint density at radius 3 is 2.52 bits per heavy atom. The van der Waals surface area contributed by atoms with Crippen molar-refractivity contribution in [3.63, 3.8) is 0 Å². The molecule has 1 aromatic carbocycles. The Labute approximate surface area is 133 Å². The van der Waals surface area contributed by atoms with Crippen LogP contribution < -0.4 is 5.32 Å². The lowest BCUT2D eigenvalue weighted by molar-refractivity contribution is 0.191. The molecule has 2 fully saturated rings. The van der Waals surface area contributed by atoms with Crippen molar-refractivity contribution in [2.75, 3.05) is 26.2 Å². The summed E-state index contributed by atoms with van der Waals surface area (Å²) in [6.45, 7) is 4.87. The van der Waals surface area contributed by atoms with Gasteiger partial charge >= 0.3 is 0 Å². The van der Waals surface area contributed by atoms with Gasteiger partial charge in [0.1, 0.15) is 5.82 Å². The number of benzene rings is 1. The highest BCUT2D eigenvalue weighted by Gasteiger charge is 2.27. The lowest BCUT2D eigenvalue weighted by Crippen LogP contribution is -2.39. The van der Waals surface area contributed by atoms with E-state index in [2.05, 4.69) is 10.2 Å². The van der Waals surface area contributed by atoms with Crippen molar-refractivity contribution in [3.8, 4) is 0 Å². The molecule has 21 heavy (non-hydrogen) atoms. The van der Waals surface area contributed by atoms with Crippen LogP contribution in [-0.2, 0) is 6.42 Å². The van der Waals surface area contributed by atoms with Gasteiger partial charge in [-0.25, -0.2) is 4.39 Å². The van der Waals surface area contributed by atoms with Gasteiger partial charge < -0.3 is 5.32 Å². The molecular formula is C17H26ClFN2. The first-order chi connectivity index (χ1) is 9.81. The molecule has 118 valence electrons. The smallest absolute Gasteiger partial charge is 0.123 e. The van der Waals surface area contributed by atoms with Crippen LogP contribution in [0.5, 0.6) is 0 Å². The molecule has 2 aliphatic heterocycles. The Hall–Kier alpha value is -0.640. The molecule has 3 rings (SSSR count). The SMILES string of the molecule is Cl.Fc1ccc(CC2CCCN2CC2CCNCC2)cc1. The van der Waals surface area contributed by atoms with Crippen molar-refractivity contribution in [2.24, 2.45) is 5.92 Å². The van der Waals surface area contributed by atoms with Gasteiger partial charge in [-0.1, -0.05) is 12.1 Å². The fraction of sp³-hybridized carbons (Fsp3) is 0.647. The summed E-state index contributed by atoms with van der Waals surface area (Å²) >= 11 is 0. The summed E-state index contributed by atoms with van der Waals surface area (Å²) < 4.78 is 13.0. The van der Waals surface area contributed by atoms with Crippen LogP contribution in [0.4, 0.5) is 4.39 Å². The largest absolute Gasteiger partial charge is 0.317 e. The highest BCUT2D eigenvalue weighted by atomic mass is 35.5. The standard InChI is InChI=1S/C17H25FN2.ClH/c18-16-5-3-14(4-6-16)12-17-2-1-11-20(17)13-15-7-9-19-10-8-15;/h3-6,15,17,19H,1-2,7-13H2;1H. The van der Waals surface area contributed by atoms with E-state index in [1.54, 1.807) is 12.1 Å². The van der Waals surface area contributed by atoms with Crippen molar-refractivity contribution in [2.45, 2.75) is 38.1 Å². The molecule has 2 aliphatic rings. The third-order valence-electron chi connectivity index (χ3n) is 4.84. The second-order valence-electron chi connectivity index (χ2n) is 6.31. The van der Waals surface area contributed by atoms with Crippen molar-refractivity contribution < 1.29 is 4.39 Å². The van der Waals surface area contributed by atoms with Crippen LogP contribution in [0.1, 0.15) is 31.2 Å². The Morgan fingerprint density at radius 1 is 1.10 bits per heavy atom. The second kappa shape index (κ2) is 8.11. The minimum absolute atomic E-state index is 0. The fourth-order valence-corrected chi connectivity index (χ4v) is 3.66. The lowest BCUT2D eigenvalue weighted by atomic mass is 9.96. The van der Waals surface area contributed by atoms with Crippen molar-refractivity contribution in [1.82, 2.24) is 10.2 Å². The summed E-state index contributed by atoms with van der Waals surface area (Å²) in [6, 6.07) is 7.71. The molecule has 0 aromatic heterocycles. The van der Waals surface area contributed by atoms with Crippen molar-refractivity contribution in [3.05, 3.63) is 35.6 Å². The van der Waals surface area contributed by atoms with Gasteiger partial charge in [-0.15, -0.1) is 12.4 Å². The van der Waals surface area contributed by atoms with Gasteiger partial charge in [0, 0.05) is 12.6 Å². The number of nitrogens with zero attached hydrogens (tertiary/aromatic N) is 1. The number of hydrogen-bond donors (Lipinski definition) is 1. The zero-order valence-corrected chi connectivity index (χ0v) is 13.4. The Balaban J connectivity index is 0.00000161. The summed E-state index contributed by atoms with van der Waals surface area (Å²) in [7, 11) is 0. The average Bonchev–Trinajstić information content (AvgIpc) is 2.90. The molecule has 0 radical (unpaired) electrons. The van der Waals surface area contributed by atoms with Crippen molar-refractivity contribution >= 4 is 12.4 Å². The molecule has 0 aliphatic carbocycles. The highest BCUT2D eigenvalue weighted by Crippen LogP contribution is 2.24. The van der Waals surface area contributed by atoms with Gasteiger partial charge in [0.2, 0.25) is 0 Å². The predicted molar refractivity (Wildman–Crippen MR) is 87.5 cm³/mol. The lowest BCUT2D eigenvalue weighted by Gasteiger charge is -2.31. The van der Waals surface area contributed by atoms with Gasteiger partial charge in [-0.3, -0.25) is 4.90 Å². The topological polar surface area (TPSA) is 15.3 Å². The summed E-state index contributed by atoms with van der Waals surface area (Å²) in [5, 5.41) is 3.44. The van der Waals surface area contributed by atoms with Gasteiger partial charge in [0.25, 0.3) is 0 Å². The van der Waals surface area contributed by atoms with Gasteiger partial charge in [-0.2, -0.15) is 0 Å². The molecule has 1 unspecified atom stereocenters. The van der Waals surface area contributed by atoms with E-state index < -0.39 is 0 Å². The number of likely N-dealkylation sites (tertiary alicyclic amines) is 1. The van der Waals surface area contributed by atoms with E-state index in [4.69, 9.17) is 0 Å². The molecule has 1 atom stereocenters. The van der Waals surface area contributed by atoms with E-state index in [9.17, 15) is 4.39 Å². The van der Waals surface area contributed by atoms with Gasteiger partial charge in [0.15, 0.2) is 0 Å². The highest BCUT2D eigenvalue weighted by molar-refractivity contribution is 5.85.